The number of halogens is 2. The third-order valence-electron chi connectivity index (χ3n) is 5.39. The van der Waals surface area contributed by atoms with Gasteiger partial charge in [-0.2, -0.15) is 0 Å². The van der Waals surface area contributed by atoms with Crippen molar-refractivity contribution in [2.45, 2.75) is 12.8 Å². The Hall–Kier alpha value is -2.47. The van der Waals surface area contributed by atoms with Gasteiger partial charge in [-0.3, -0.25) is 0 Å². The van der Waals surface area contributed by atoms with Gasteiger partial charge in [-0.1, -0.05) is 17.7 Å². The summed E-state index contributed by atoms with van der Waals surface area (Å²) in [7, 11) is 0. The van der Waals surface area contributed by atoms with Crippen LogP contribution in [-0.4, -0.2) is 50.2 Å². The third-order valence-corrected chi connectivity index (χ3v) is 5.62. The number of hydrogen-bond acceptors (Lipinski definition) is 3. The molecule has 0 saturated carbocycles. The number of carbonyl (C=O) groups is 1. The fourth-order valence-electron chi connectivity index (χ4n) is 3.84. The summed E-state index contributed by atoms with van der Waals surface area (Å²) >= 11 is 6.06. The summed E-state index contributed by atoms with van der Waals surface area (Å²) in [4.78, 5) is 18.6. The summed E-state index contributed by atoms with van der Waals surface area (Å²) in [6, 6.07) is 12.5. The van der Waals surface area contributed by atoms with E-state index in [-0.39, 0.29) is 11.8 Å². The lowest BCUT2D eigenvalue weighted by atomic mass is 10.2. The van der Waals surface area contributed by atoms with Gasteiger partial charge in [-0.05, 0) is 49.2 Å². The molecule has 2 saturated heterocycles. The predicted octanol–water partition coefficient (Wildman–Crippen LogP) is 4.43. The van der Waals surface area contributed by atoms with Crippen molar-refractivity contribution >= 4 is 34.7 Å². The van der Waals surface area contributed by atoms with Crippen LogP contribution < -0.4 is 15.1 Å². The van der Waals surface area contributed by atoms with Crippen LogP contribution in [0.2, 0.25) is 5.02 Å². The number of hydrogen-bond donors (Lipinski definition) is 1. The molecule has 7 heteroatoms. The number of anilines is 3. The van der Waals surface area contributed by atoms with E-state index in [2.05, 4.69) is 15.1 Å². The fraction of sp³-hybridized carbons (Fsp3) is 0.381. The Kier molecular flexibility index (Phi) is 5.57. The first kappa shape index (κ1) is 18.9. The molecule has 1 N–H and O–H groups in total. The molecule has 5 nitrogen and oxygen atoms in total. The molecule has 28 heavy (non-hydrogen) atoms. The number of nitrogens with one attached hydrogen (secondary N) is 1. The highest BCUT2D eigenvalue weighted by molar-refractivity contribution is 6.30. The first-order chi connectivity index (χ1) is 13.6. The maximum Gasteiger partial charge on any atom is 0.321 e. The largest absolute Gasteiger partial charge is 0.369 e. The lowest BCUT2D eigenvalue weighted by Gasteiger charge is -2.36. The van der Waals surface area contributed by atoms with Gasteiger partial charge in [0, 0.05) is 55.7 Å². The van der Waals surface area contributed by atoms with Gasteiger partial charge in [0.05, 0.1) is 5.69 Å². The van der Waals surface area contributed by atoms with E-state index in [1.54, 1.807) is 17.0 Å². The third kappa shape index (κ3) is 4.17. The summed E-state index contributed by atoms with van der Waals surface area (Å²) in [6.07, 6.45) is 2.19. The summed E-state index contributed by atoms with van der Waals surface area (Å²) in [5.41, 5.74) is 2.17. The van der Waals surface area contributed by atoms with Crippen molar-refractivity contribution in [1.29, 1.82) is 0 Å². The standard InChI is InChI=1S/C21H24ClFN4O/c22-16-4-3-5-18(14-16)25-10-12-27(13-11-25)21(28)24-17-6-7-20(19(23)15-17)26-8-1-2-9-26/h3-7,14-15H,1-2,8-13H2,(H,24,28). The number of amides is 2. The van der Waals surface area contributed by atoms with Crippen LogP contribution in [-0.2, 0) is 0 Å². The van der Waals surface area contributed by atoms with E-state index in [9.17, 15) is 9.18 Å². The SMILES string of the molecule is O=C(Nc1ccc(N2CCCC2)c(F)c1)N1CCN(c2cccc(Cl)c2)CC1. The minimum Gasteiger partial charge on any atom is -0.369 e. The fourth-order valence-corrected chi connectivity index (χ4v) is 4.03. The summed E-state index contributed by atoms with van der Waals surface area (Å²) in [5.74, 6) is -0.287. The van der Waals surface area contributed by atoms with Gasteiger partial charge in [0.25, 0.3) is 0 Å². The summed E-state index contributed by atoms with van der Waals surface area (Å²) < 4.78 is 14.4. The van der Waals surface area contributed by atoms with Crippen molar-refractivity contribution in [3.05, 3.63) is 53.3 Å². The van der Waals surface area contributed by atoms with Gasteiger partial charge < -0.3 is 20.0 Å². The quantitative estimate of drug-likeness (QED) is 0.825. The van der Waals surface area contributed by atoms with Crippen molar-refractivity contribution in [1.82, 2.24) is 4.90 Å². The topological polar surface area (TPSA) is 38.8 Å². The molecule has 0 aromatic heterocycles. The van der Waals surface area contributed by atoms with Crippen molar-refractivity contribution in [2.24, 2.45) is 0 Å². The van der Waals surface area contributed by atoms with Crippen LogP contribution >= 0.6 is 11.6 Å². The maximum absolute atomic E-state index is 14.4. The van der Waals surface area contributed by atoms with Gasteiger partial charge in [-0.25, -0.2) is 9.18 Å². The monoisotopic (exact) mass is 402 g/mol. The Morgan fingerprint density at radius 1 is 0.929 bits per heavy atom. The van der Waals surface area contributed by atoms with Crippen LogP contribution in [0.4, 0.5) is 26.2 Å². The lowest BCUT2D eigenvalue weighted by Crippen LogP contribution is -2.50. The number of rotatable bonds is 3. The highest BCUT2D eigenvalue weighted by atomic mass is 35.5. The molecule has 0 atom stereocenters. The minimum absolute atomic E-state index is 0.195. The Bertz CT molecular complexity index is 848. The summed E-state index contributed by atoms with van der Waals surface area (Å²) in [5, 5.41) is 3.53. The van der Waals surface area contributed by atoms with E-state index >= 15 is 0 Å². The molecule has 2 fully saturated rings. The number of piperazine rings is 1. The Morgan fingerprint density at radius 2 is 1.68 bits per heavy atom. The Morgan fingerprint density at radius 3 is 2.36 bits per heavy atom. The molecule has 0 radical (unpaired) electrons. The zero-order valence-electron chi connectivity index (χ0n) is 15.7. The average Bonchev–Trinajstić information content (AvgIpc) is 3.23. The van der Waals surface area contributed by atoms with Gasteiger partial charge >= 0.3 is 6.03 Å². The van der Waals surface area contributed by atoms with Gasteiger partial charge in [-0.15, -0.1) is 0 Å². The van der Waals surface area contributed by atoms with Crippen LogP contribution in [0.3, 0.4) is 0 Å². The van der Waals surface area contributed by atoms with Crippen LogP contribution in [0.5, 0.6) is 0 Å². The van der Waals surface area contributed by atoms with Crippen LogP contribution in [0, 0.1) is 5.82 Å². The van der Waals surface area contributed by atoms with E-state index in [4.69, 9.17) is 11.6 Å². The predicted molar refractivity (Wildman–Crippen MR) is 112 cm³/mol. The van der Waals surface area contributed by atoms with E-state index in [0.29, 0.717) is 29.5 Å². The Labute approximate surface area is 169 Å². The van der Waals surface area contributed by atoms with Crippen LogP contribution in [0.1, 0.15) is 12.8 Å². The van der Waals surface area contributed by atoms with E-state index in [1.807, 2.05) is 24.3 Å². The minimum atomic E-state index is -0.287. The normalized spacial score (nSPS) is 17.1. The molecule has 148 valence electrons. The van der Waals surface area contributed by atoms with Crippen molar-refractivity contribution in [2.75, 3.05) is 54.4 Å². The van der Waals surface area contributed by atoms with Gasteiger partial charge in [0.2, 0.25) is 0 Å². The molecule has 2 aliphatic rings. The number of nitrogens with zero attached hydrogens (tertiary/aromatic N) is 3. The number of carbonyl (C=O) groups excluding carboxylic acids is 1. The van der Waals surface area contributed by atoms with Crippen LogP contribution in [0.25, 0.3) is 0 Å². The molecule has 0 bridgehead atoms. The molecular formula is C21H24ClFN4O. The molecule has 0 spiro atoms. The second-order valence-corrected chi connectivity index (χ2v) is 7.68. The highest BCUT2D eigenvalue weighted by Gasteiger charge is 2.22. The molecule has 2 heterocycles. The molecule has 2 aromatic carbocycles. The van der Waals surface area contributed by atoms with Crippen LogP contribution in [0.15, 0.2) is 42.5 Å². The molecule has 2 aromatic rings. The number of benzene rings is 2. The average molecular weight is 403 g/mol. The molecular weight excluding hydrogens is 379 g/mol. The second kappa shape index (κ2) is 8.27. The molecule has 0 aliphatic carbocycles. The van der Waals surface area contributed by atoms with Gasteiger partial charge in [0.1, 0.15) is 5.82 Å². The Balaban J connectivity index is 1.34. The zero-order valence-corrected chi connectivity index (χ0v) is 16.5. The van der Waals surface area contributed by atoms with E-state index < -0.39 is 0 Å². The summed E-state index contributed by atoms with van der Waals surface area (Å²) in [6.45, 7) is 4.45. The zero-order chi connectivity index (χ0) is 19.5. The highest BCUT2D eigenvalue weighted by Crippen LogP contribution is 2.26. The van der Waals surface area contributed by atoms with Crippen molar-refractivity contribution in [3.8, 4) is 0 Å². The lowest BCUT2D eigenvalue weighted by molar-refractivity contribution is 0.208. The van der Waals surface area contributed by atoms with Gasteiger partial charge in [0.15, 0.2) is 0 Å². The smallest absolute Gasteiger partial charge is 0.321 e. The molecule has 0 unspecified atom stereocenters. The molecule has 4 rings (SSSR count). The number of urea groups is 1. The first-order valence-electron chi connectivity index (χ1n) is 9.71. The second-order valence-electron chi connectivity index (χ2n) is 7.24. The van der Waals surface area contributed by atoms with E-state index in [1.165, 1.54) is 6.07 Å². The van der Waals surface area contributed by atoms with Crippen molar-refractivity contribution < 1.29 is 9.18 Å². The maximum atomic E-state index is 14.4. The van der Waals surface area contributed by atoms with E-state index in [0.717, 1.165) is 44.7 Å². The van der Waals surface area contributed by atoms with Crippen molar-refractivity contribution in [3.63, 3.8) is 0 Å². The first-order valence-corrected chi connectivity index (χ1v) is 10.1. The molecule has 2 amide bonds. The molecule has 2 aliphatic heterocycles.